The molecular formula is C35H28ClN3O4S. The van der Waals surface area contributed by atoms with Crippen molar-refractivity contribution in [3.63, 3.8) is 0 Å². The number of benzene rings is 4. The zero-order valence-electron chi connectivity index (χ0n) is 24.0. The van der Waals surface area contributed by atoms with Gasteiger partial charge in [0.05, 0.1) is 29.0 Å². The van der Waals surface area contributed by atoms with Crippen molar-refractivity contribution in [2.45, 2.75) is 19.6 Å². The van der Waals surface area contributed by atoms with E-state index in [9.17, 15) is 9.59 Å². The number of methoxy groups -OCH3 is 1. The minimum absolute atomic E-state index is 0.238. The Balaban J connectivity index is 1.36. The van der Waals surface area contributed by atoms with E-state index in [-0.39, 0.29) is 11.5 Å². The zero-order valence-corrected chi connectivity index (χ0v) is 25.6. The van der Waals surface area contributed by atoms with Crippen LogP contribution in [0.2, 0.25) is 5.02 Å². The number of ether oxygens (including phenoxy) is 2. The largest absolute Gasteiger partial charge is 0.497 e. The van der Waals surface area contributed by atoms with Gasteiger partial charge in [0.2, 0.25) is 0 Å². The first-order chi connectivity index (χ1) is 21.4. The molecule has 0 saturated carbocycles. The highest BCUT2D eigenvalue weighted by Crippen LogP contribution is 2.32. The van der Waals surface area contributed by atoms with Crippen molar-refractivity contribution in [3.8, 4) is 11.5 Å². The number of aromatic nitrogens is 1. The van der Waals surface area contributed by atoms with Gasteiger partial charge in [-0.25, -0.2) is 4.99 Å². The normalized spacial score (nSPS) is 14.5. The van der Waals surface area contributed by atoms with Crippen molar-refractivity contribution in [1.82, 2.24) is 4.57 Å². The number of nitrogens with one attached hydrogen (secondary N) is 1. The number of carbonyl (C=O) groups is 1. The highest BCUT2D eigenvalue weighted by molar-refractivity contribution is 7.07. The number of hydrogen-bond acceptors (Lipinski definition) is 6. The molecule has 0 aliphatic carbocycles. The summed E-state index contributed by atoms with van der Waals surface area (Å²) >= 11 is 7.53. The molecule has 44 heavy (non-hydrogen) atoms. The molecule has 1 atom stereocenters. The van der Waals surface area contributed by atoms with Crippen LogP contribution in [0.1, 0.15) is 29.7 Å². The Bertz CT molecular complexity index is 2050. The minimum Gasteiger partial charge on any atom is -0.497 e. The number of amides is 1. The first-order valence-corrected chi connectivity index (χ1v) is 15.1. The third kappa shape index (κ3) is 6.08. The number of thiazole rings is 1. The number of rotatable bonds is 8. The van der Waals surface area contributed by atoms with Crippen LogP contribution in [0.25, 0.3) is 6.08 Å². The molecule has 220 valence electrons. The van der Waals surface area contributed by atoms with Crippen LogP contribution in [-0.2, 0) is 11.4 Å². The van der Waals surface area contributed by atoms with Gasteiger partial charge in [-0.3, -0.25) is 14.2 Å². The second kappa shape index (κ2) is 12.8. The van der Waals surface area contributed by atoms with Crippen molar-refractivity contribution in [2.24, 2.45) is 4.99 Å². The Labute approximate surface area is 263 Å². The Kier molecular flexibility index (Phi) is 8.45. The fourth-order valence-electron chi connectivity index (χ4n) is 5.05. The molecule has 7 nitrogen and oxygen atoms in total. The molecule has 1 aliphatic heterocycles. The van der Waals surface area contributed by atoms with Gasteiger partial charge in [0, 0.05) is 16.3 Å². The highest BCUT2D eigenvalue weighted by Gasteiger charge is 2.32. The van der Waals surface area contributed by atoms with E-state index in [1.807, 2.05) is 109 Å². The molecule has 0 spiro atoms. The molecule has 0 radical (unpaired) electrons. The standard InChI is InChI=1S/C35H28ClN3O4S/c1-22-31(33(40)38-26-11-4-3-5-12-26)32(24-10-8-13-28(20-24)42-2)39-34(41)30(44-35(39)37-22)19-23-15-17-27(18-16-23)43-21-25-9-6-7-14-29(25)36/h3-20,32H,21H2,1-2H3,(H,38,40)/b30-19-/t32-/m1/s1. The van der Waals surface area contributed by atoms with E-state index in [1.54, 1.807) is 18.6 Å². The lowest BCUT2D eigenvalue weighted by atomic mass is 9.95. The molecule has 5 aromatic rings. The lowest BCUT2D eigenvalue weighted by Crippen LogP contribution is -2.40. The predicted octanol–water partition coefficient (Wildman–Crippen LogP) is 6.11. The number of hydrogen-bond donors (Lipinski definition) is 1. The molecule has 6 rings (SSSR count). The summed E-state index contributed by atoms with van der Waals surface area (Å²) in [6.45, 7) is 2.15. The molecule has 1 aromatic heterocycles. The number of anilines is 1. The maximum Gasteiger partial charge on any atom is 0.271 e. The molecule has 0 saturated heterocycles. The van der Waals surface area contributed by atoms with Gasteiger partial charge < -0.3 is 14.8 Å². The predicted molar refractivity (Wildman–Crippen MR) is 174 cm³/mol. The number of allylic oxidation sites excluding steroid dienone is 1. The summed E-state index contributed by atoms with van der Waals surface area (Å²) in [7, 11) is 1.59. The van der Waals surface area contributed by atoms with Crippen LogP contribution in [0.5, 0.6) is 11.5 Å². The molecule has 9 heteroatoms. The third-order valence-electron chi connectivity index (χ3n) is 7.24. The topological polar surface area (TPSA) is 81.9 Å². The first-order valence-electron chi connectivity index (χ1n) is 13.9. The van der Waals surface area contributed by atoms with Gasteiger partial charge in [-0.15, -0.1) is 0 Å². The van der Waals surface area contributed by atoms with Gasteiger partial charge in [-0.2, -0.15) is 0 Å². The summed E-state index contributed by atoms with van der Waals surface area (Å²) in [5.41, 5.74) is 3.81. The molecule has 0 bridgehead atoms. The van der Waals surface area contributed by atoms with E-state index < -0.39 is 6.04 Å². The number of nitrogens with zero attached hydrogens (tertiary/aromatic N) is 2. The fraction of sp³-hybridized carbons (Fsp3) is 0.114. The number of carbonyl (C=O) groups excluding carboxylic acids is 1. The van der Waals surface area contributed by atoms with E-state index in [0.29, 0.717) is 49.4 Å². The van der Waals surface area contributed by atoms with Crippen LogP contribution in [-0.4, -0.2) is 17.6 Å². The Hall–Kier alpha value is -4.92. The molecule has 0 fully saturated rings. The average Bonchev–Trinajstić information content (AvgIpc) is 3.34. The Morgan fingerprint density at radius 3 is 2.48 bits per heavy atom. The smallest absolute Gasteiger partial charge is 0.271 e. The molecule has 1 aliphatic rings. The monoisotopic (exact) mass is 621 g/mol. The summed E-state index contributed by atoms with van der Waals surface area (Å²) in [6.07, 6.45) is 1.83. The van der Waals surface area contributed by atoms with Crippen LogP contribution in [0.3, 0.4) is 0 Å². The molecule has 0 unspecified atom stereocenters. The van der Waals surface area contributed by atoms with Gasteiger partial charge in [-0.1, -0.05) is 83.6 Å². The molecule has 1 N–H and O–H groups in total. The summed E-state index contributed by atoms with van der Waals surface area (Å²) in [4.78, 5) is 33.0. The highest BCUT2D eigenvalue weighted by atomic mass is 35.5. The lowest BCUT2D eigenvalue weighted by Gasteiger charge is -2.25. The average molecular weight is 622 g/mol. The first kappa shape index (κ1) is 29.2. The molecular weight excluding hydrogens is 594 g/mol. The number of para-hydroxylation sites is 1. The van der Waals surface area contributed by atoms with Crippen LogP contribution in [0, 0.1) is 0 Å². The van der Waals surface area contributed by atoms with E-state index in [2.05, 4.69) is 5.32 Å². The lowest BCUT2D eigenvalue weighted by molar-refractivity contribution is -0.113. The van der Waals surface area contributed by atoms with Gasteiger partial charge in [0.15, 0.2) is 4.80 Å². The Morgan fingerprint density at radius 2 is 1.73 bits per heavy atom. The SMILES string of the molecule is COc1cccc([C@@H]2C(C(=O)Nc3ccccc3)=C(C)N=c3s/c(=C\c4ccc(OCc5ccccc5Cl)cc4)c(=O)n32)c1. The van der Waals surface area contributed by atoms with Gasteiger partial charge in [0.1, 0.15) is 18.1 Å². The number of halogens is 1. The van der Waals surface area contributed by atoms with Crippen molar-refractivity contribution in [3.05, 3.63) is 156 Å². The summed E-state index contributed by atoms with van der Waals surface area (Å²) in [5.74, 6) is 0.983. The van der Waals surface area contributed by atoms with Crippen molar-refractivity contribution in [1.29, 1.82) is 0 Å². The maximum atomic E-state index is 14.0. The van der Waals surface area contributed by atoms with E-state index in [1.165, 1.54) is 11.3 Å². The third-order valence-corrected chi connectivity index (χ3v) is 8.59. The summed E-state index contributed by atoms with van der Waals surface area (Å²) in [5, 5.41) is 3.62. The van der Waals surface area contributed by atoms with Crippen LogP contribution < -0.4 is 29.7 Å². The van der Waals surface area contributed by atoms with Crippen LogP contribution >= 0.6 is 22.9 Å². The number of fused-ring (bicyclic) bond motifs is 1. The van der Waals surface area contributed by atoms with Gasteiger partial charge in [0.25, 0.3) is 11.5 Å². The molecule has 2 heterocycles. The van der Waals surface area contributed by atoms with Crippen LogP contribution in [0.15, 0.2) is 124 Å². The van der Waals surface area contributed by atoms with Gasteiger partial charge >= 0.3 is 0 Å². The van der Waals surface area contributed by atoms with Crippen molar-refractivity contribution < 1.29 is 14.3 Å². The second-order valence-corrected chi connectivity index (χ2v) is 11.5. The summed E-state index contributed by atoms with van der Waals surface area (Å²) in [6, 6.07) is 31.0. The maximum absolute atomic E-state index is 14.0. The minimum atomic E-state index is -0.701. The van der Waals surface area contributed by atoms with Crippen molar-refractivity contribution >= 4 is 40.6 Å². The quantitative estimate of drug-likeness (QED) is 0.227. The molecule has 1 amide bonds. The molecule has 4 aromatic carbocycles. The fourth-order valence-corrected chi connectivity index (χ4v) is 6.28. The van der Waals surface area contributed by atoms with Crippen molar-refractivity contribution in [2.75, 3.05) is 12.4 Å². The Morgan fingerprint density at radius 1 is 0.977 bits per heavy atom. The van der Waals surface area contributed by atoms with E-state index >= 15 is 0 Å². The van der Waals surface area contributed by atoms with E-state index in [4.69, 9.17) is 26.1 Å². The summed E-state index contributed by atoms with van der Waals surface area (Å²) < 4.78 is 13.5. The van der Waals surface area contributed by atoms with Gasteiger partial charge in [-0.05, 0) is 66.6 Å². The van der Waals surface area contributed by atoms with Crippen LogP contribution in [0.4, 0.5) is 5.69 Å². The van der Waals surface area contributed by atoms with E-state index in [0.717, 1.165) is 16.7 Å². The second-order valence-electron chi connectivity index (χ2n) is 10.1. The zero-order chi connectivity index (χ0) is 30.6.